The molecular formula is C30H26N3S+. The number of aryl methyl sites for hydroxylation is 4. The zero-order chi connectivity index (χ0) is 23.4. The molecule has 2 heterocycles. The fraction of sp³-hybridized carbons (Fsp3) is 0.133. The number of aromatic nitrogens is 3. The summed E-state index contributed by atoms with van der Waals surface area (Å²) in [5.74, 6) is 1.17. The summed E-state index contributed by atoms with van der Waals surface area (Å²) in [5.41, 5.74) is 10.9. The Morgan fingerprint density at radius 2 is 1.47 bits per heavy atom. The number of thiazole rings is 1. The Labute approximate surface area is 203 Å². The molecule has 166 valence electrons. The highest BCUT2D eigenvalue weighted by Gasteiger charge is 2.27. The maximum Gasteiger partial charge on any atom is 0.295 e. The van der Waals surface area contributed by atoms with Crippen molar-refractivity contribution >= 4 is 32.6 Å². The topological polar surface area (TPSA) is 21.7 Å². The molecule has 4 aromatic carbocycles. The van der Waals surface area contributed by atoms with Gasteiger partial charge in [0.1, 0.15) is 10.7 Å². The van der Waals surface area contributed by atoms with Crippen LogP contribution in [-0.2, 0) is 7.05 Å². The molecule has 0 fully saturated rings. The van der Waals surface area contributed by atoms with Crippen LogP contribution in [0.25, 0.3) is 48.9 Å². The van der Waals surface area contributed by atoms with Crippen molar-refractivity contribution in [3.8, 4) is 27.6 Å². The van der Waals surface area contributed by atoms with Gasteiger partial charge in [0.05, 0.1) is 22.8 Å². The number of rotatable bonds is 3. The van der Waals surface area contributed by atoms with Crippen molar-refractivity contribution in [2.75, 3.05) is 0 Å². The summed E-state index contributed by atoms with van der Waals surface area (Å²) in [5, 5.41) is 1.09. The van der Waals surface area contributed by atoms with Crippen LogP contribution >= 0.6 is 11.3 Å². The molecule has 0 aliphatic heterocycles. The number of benzene rings is 4. The van der Waals surface area contributed by atoms with Crippen molar-refractivity contribution < 1.29 is 4.57 Å². The third kappa shape index (κ3) is 3.17. The van der Waals surface area contributed by atoms with Crippen LogP contribution in [0.5, 0.6) is 0 Å². The molecule has 0 saturated heterocycles. The number of imidazole rings is 1. The van der Waals surface area contributed by atoms with Crippen LogP contribution in [0.1, 0.15) is 16.7 Å². The van der Waals surface area contributed by atoms with Crippen molar-refractivity contribution in [2.45, 2.75) is 20.8 Å². The van der Waals surface area contributed by atoms with E-state index in [1.807, 2.05) is 0 Å². The fourth-order valence-electron chi connectivity index (χ4n) is 5.03. The van der Waals surface area contributed by atoms with Gasteiger partial charge in [0, 0.05) is 5.56 Å². The third-order valence-electron chi connectivity index (χ3n) is 6.70. The van der Waals surface area contributed by atoms with E-state index in [0.717, 1.165) is 16.2 Å². The highest BCUT2D eigenvalue weighted by Crippen LogP contribution is 2.38. The minimum absolute atomic E-state index is 1.06. The average Bonchev–Trinajstić information content (AvgIpc) is 3.37. The lowest BCUT2D eigenvalue weighted by Crippen LogP contribution is -2.30. The first-order valence-corrected chi connectivity index (χ1v) is 12.4. The van der Waals surface area contributed by atoms with Crippen LogP contribution < -0.4 is 4.57 Å². The van der Waals surface area contributed by atoms with E-state index in [0.29, 0.717) is 0 Å². The molecule has 0 N–H and O–H groups in total. The predicted octanol–water partition coefficient (Wildman–Crippen LogP) is 7.32. The molecule has 0 bridgehead atoms. The van der Waals surface area contributed by atoms with Gasteiger partial charge in [-0.05, 0) is 73.9 Å². The van der Waals surface area contributed by atoms with Gasteiger partial charge in [-0.1, -0.05) is 48.5 Å². The van der Waals surface area contributed by atoms with Crippen molar-refractivity contribution in [3.63, 3.8) is 0 Å². The van der Waals surface area contributed by atoms with E-state index in [1.165, 1.54) is 49.4 Å². The van der Waals surface area contributed by atoms with Crippen molar-refractivity contribution in [3.05, 3.63) is 102 Å². The van der Waals surface area contributed by atoms with Gasteiger partial charge in [0.15, 0.2) is 11.0 Å². The minimum Gasteiger partial charge on any atom is -0.236 e. The largest absolute Gasteiger partial charge is 0.295 e. The van der Waals surface area contributed by atoms with Crippen LogP contribution in [0.15, 0.2) is 84.9 Å². The van der Waals surface area contributed by atoms with Crippen molar-refractivity contribution in [1.82, 2.24) is 9.55 Å². The average molecular weight is 461 g/mol. The van der Waals surface area contributed by atoms with Gasteiger partial charge in [0.2, 0.25) is 0 Å². The Morgan fingerprint density at radius 3 is 2.24 bits per heavy atom. The normalized spacial score (nSPS) is 11.5. The third-order valence-corrected chi connectivity index (χ3v) is 7.73. The summed E-state index contributed by atoms with van der Waals surface area (Å²) < 4.78 is 5.89. The second-order valence-electron chi connectivity index (χ2n) is 8.96. The summed E-state index contributed by atoms with van der Waals surface area (Å²) in [7, 11) is 2.16. The maximum atomic E-state index is 5.05. The fourth-order valence-corrected chi connectivity index (χ4v) is 6.19. The molecule has 0 radical (unpaired) electrons. The van der Waals surface area contributed by atoms with Crippen LogP contribution in [0.4, 0.5) is 0 Å². The van der Waals surface area contributed by atoms with Gasteiger partial charge in [-0.3, -0.25) is 0 Å². The molecule has 0 spiro atoms. The maximum absolute atomic E-state index is 5.05. The van der Waals surface area contributed by atoms with E-state index in [1.54, 1.807) is 11.3 Å². The number of para-hydroxylation sites is 3. The summed E-state index contributed by atoms with van der Waals surface area (Å²) in [6.07, 6.45) is 0. The lowest BCUT2D eigenvalue weighted by atomic mass is 10.0. The minimum atomic E-state index is 1.06. The zero-order valence-corrected chi connectivity index (χ0v) is 20.6. The molecule has 0 aliphatic rings. The van der Waals surface area contributed by atoms with Gasteiger partial charge in [0.25, 0.3) is 5.82 Å². The number of fused-ring (bicyclic) bond motifs is 2. The molecular weight excluding hydrogens is 434 g/mol. The van der Waals surface area contributed by atoms with Gasteiger partial charge in [-0.15, -0.1) is 11.3 Å². The second kappa shape index (κ2) is 7.93. The Kier molecular flexibility index (Phi) is 4.85. The van der Waals surface area contributed by atoms with Crippen molar-refractivity contribution in [2.24, 2.45) is 7.05 Å². The summed E-state index contributed by atoms with van der Waals surface area (Å²) >= 11 is 1.78. The highest BCUT2D eigenvalue weighted by atomic mass is 32.1. The summed E-state index contributed by atoms with van der Waals surface area (Å²) in [6.45, 7) is 6.53. The Bertz CT molecular complexity index is 1670. The SMILES string of the molecule is Cc1cc2nc(-c3c(C)cccc3C)sc2cc1-c1n(-c2ccccc2)c2ccccc2[n+]1C. The number of hydrogen-bond donors (Lipinski definition) is 0. The molecule has 0 amide bonds. The molecule has 6 rings (SSSR count). The van der Waals surface area contributed by atoms with Gasteiger partial charge in [-0.2, -0.15) is 4.57 Å². The van der Waals surface area contributed by atoms with E-state index < -0.39 is 0 Å². The Hall–Kier alpha value is -3.76. The van der Waals surface area contributed by atoms with Gasteiger partial charge >= 0.3 is 0 Å². The molecule has 0 unspecified atom stereocenters. The Morgan fingerprint density at radius 1 is 0.765 bits per heavy atom. The molecule has 4 heteroatoms. The molecule has 2 aromatic heterocycles. The van der Waals surface area contributed by atoms with E-state index in [4.69, 9.17) is 4.98 Å². The highest BCUT2D eigenvalue weighted by molar-refractivity contribution is 7.21. The lowest BCUT2D eigenvalue weighted by molar-refractivity contribution is -0.633. The summed E-state index contributed by atoms with van der Waals surface area (Å²) in [6, 6.07) is 30.3. The first kappa shape index (κ1) is 20.8. The first-order chi connectivity index (χ1) is 16.5. The van der Waals surface area contributed by atoms with Crippen LogP contribution in [0, 0.1) is 20.8 Å². The van der Waals surface area contributed by atoms with E-state index in [9.17, 15) is 0 Å². The van der Waals surface area contributed by atoms with Gasteiger partial charge < -0.3 is 0 Å². The quantitative estimate of drug-likeness (QED) is 0.254. The van der Waals surface area contributed by atoms with Crippen LogP contribution in [0.3, 0.4) is 0 Å². The van der Waals surface area contributed by atoms with Crippen LogP contribution in [0.2, 0.25) is 0 Å². The first-order valence-electron chi connectivity index (χ1n) is 11.6. The molecule has 0 atom stereocenters. The molecule has 0 aliphatic carbocycles. The number of hydrogen-bond acceptors (Lipinski definition) is 2. The predicted molar refractivity (Wildman–Crippen MR) is 143 cm³/mol. The zero-order valence-electron chi connectivity index (χ0n) is 19.8. The smallest absolute Gasteiger partial charge is 0.236 e. The van der Waals surface area contributed by atoms with Gasteiger partial charge in [-0.25, -0.2) is 9.55 Å². The standard InChI is InChI=1S/C30H26N3S/c1-19-11-10-12-20(2)28(19)29-31-24-17-21(3)23(18-27(24)34-29)30-32(4)25-15-8-9-16-26(25)33(30)22-13-6-5-7-14-22/h5-18H,1-4H3/q+1. The lowest BCUT2D eigenvalue weighted by Gasteiger charge is -2.06. The Balaban J connectivity index is 1.63. The summed E-state index contributed by atoms with van der Waals surface area (Å²) in [4.78, 5) is 5.05. The van der Waals surface area contributed by atoms with E-state index >= 15 is 0 Å². The molecule has 34 heavy (non-hydrogen) atoms. The molecule has 6 aromatic rings. The molecule has 3 nitrogen and oxygen atoms in total. The monoisotopic (exact) mass is 460 g/mol. The van der Waals surface area contributed by atoms with Crippen molar-refractivity contribution in [1.29, 1.82) is 0 Å². The van der Waals surface area contributed by atoms with E-state index in [-0.39, 0.29) is 0 Å². The van der Waals surface area contributed by atoms with Crippen LogP contribution in [-0.4, -0.2) is 9.55 Å². The molecule has 0 saturated carbocycles. The number of nitrogens with zero attached hydrogens (tertiary/aromatic N) is 3. The van der Waals surface area contributed by atoms with E-state index in [2.05, 4.69) is 122 Å². The second-order valence-corrected chi connectivity index (χ2v) is 9.99.